The molecule has 0 aliphatic carbocycles. The number of methoxy groups -OCH3 is 1. The molecule has 0 heterocycles. The van der Waals surface area contributed by atoms with Gasteiger partial charge in [0.15, 0.2) is 0 Å². The maximum absolute atomic E-state index is 11.4. The summed E-state index contributed by atoms with van der Waals surface area (Å²) in [6, 6.07) is 4.00. The Balaban J connectivity index is 3.27. The van der Waals surface area contributed by atoms with Crippen LogP contribution >= 0.6 is 0 Å². The maximum atomic E-state index is 11.4. The number of amides is 1. The van der Waals surface area contributed by atoms with Crippen LogP contribution in [-0.2, 0) is 14.8 Å². The van der Waals surface area contributed by atoms with Crippen LogP contribution in [0.2, 0.25) is 0 Å². The summed E-state index contributed by atoms with van der Waals surface area (Å²) in [5.41, 5.74) is 0.260. The van der Waals surface area contributed by atoms with E-state index < -0.39 is 10.0 Å². The number of hydrogen-bond donors (Lipinski definition) is 3. The molecule has 0 aromatic heterocycles. The number of carbonyl (C=O) groups is 1. The van der Waals surface area contributed by atoms with Gasteiger partial charge >= 0.3 is 0 Å². The first-order valence-electron chi connectivity index (χ1n) is 4.58. The van der Waals surface area contributed by atoms with Gasteiger partial charge in [-0.1, -0.05) is 0 Å². The van der Waals surface area contributed by atoms with Crippen molar-refractivity contribution < 1.29 is 17.9 Å². The third-order valence-electron chi connectivity index (χ3n) is 1.95. The highest BCUT2D eigenvalue weighted by molar-refractivity contribution is 7.89. The first-order valence-corrected chi connectivity index (χ1v) is 6.07. The van der Waals surface area contributed by atoms with Gasteiger partial charge in [-0.2, -0.15) is 4.83 Å². The van der Waals surface area contributed by atoms with Crippen LogP contribution in [0.3, 0.4) is 0 Å². The van der Waals surface area contributed by atoms with E-state index >= 15 is 0 Å². The van der Waals surface area contributed by atoms with Gasteiger partial charge in [0, 0.05) is 6.92 Å². The summed E-state index contributed by atoms with van der Waals surface area (Å²) in [7, 11) is -2.35. The van der Waals surface area contributed by atoms with Gasteiger partial charge in [-0.15, -0.1) is 0 Å². The van der Waals surface area contributed by atoms with Gasteiger partial charge in [0.1, 0.15) is 5.75 Å². The van der Waals surface area contributed by atoms with Crippen molar-refractivity contribution in [1.29, 1.82) is 0 Å². The van der Waals surface area contributed by atoms with Gasteiger partial charge in [0.2, 0.25) is 5.91 Å². The quantitative estimate of drug-likeness (QED) is 0.512. The Labute approximate surface area is 99.0 Å². The van der Waals surface area contributed by atoms with Crippen LogP contribution in [0, 0.1) is 0 Å². The minimum atomic E-state index is -3.76. The summed E-state index contributed by atoms with van der Waals surface area (Å²) in [6.45, 7) is 1.31. The number of carbonyl (C=O) groups excluding carboxylic acids is 1. The van der Waals surface area contributed by atoms with E-state index in [2.05, 4.69) is 5.32 Å². The van der Waals surface area contributed by atoms with E-state index in [-0.39, 0.29) is 16.5 Å². The fourth-order valence-corrected chi connectivity index (χ4v) is 1.87. The molecule has 0 aliphatic rings. The molecule has 0 saturated carbocycles. The van der Waals surface area contributed by atoms with Crippen LogP contribution in [-0.4, -0.2) is 21.4 Å². The largest absolute Gasteiger partial charge is 0.495 e. The number of rotatable bonds is 4. The van der Waals surface area contributed by atoms with Crippen molar-refractivity contribution in [3.8, 4) is 5.75 Å². The number of ether oxygens (including phenoxy) is 1. The van der Waals surface area contributed by atoms with Crippen LogP contribution in [0.15, 0.2) is 23.1 Å². The van der Waals surface area contributed by atoms with Gasteiger partial charge in [-0.25, -0.2) is 8.42 Å². The smallest absolute Gasteiger partial charge is 0.253 e. The van der Waals surface area contributed by atoms with E-state index in [0.717, 1.165) is 0 Å². The second-order valence-corrected chi connectivity index (χ2v) is 4.88. The van der Waals surface area contributed by atoms with Crippen molar-refractivity contribution in [2.24, 2.45) is 5.84 Å². The highest BCUT2D eigenvalue weighted by Gasteiger charge is 2.15. The molecule has 4 N–H and O–H groups in total. The monoisotopic (exact) mass is 259 g/mol. The topological polar surface area (TPSA) is 111 Å². The van der Waals surface area contributed by atoms with Crippen molar-refractivity contribution in [2.45, 2.75) is 11.8 Å². The number of sulfonamides is 1. The molecule has 1 amide bonds. The van der Waals surface area contributed by atoms with Gasteiger partial charge in [0.05, 0.1) is 17.7 Å². The Hall–Kier alpha value is -1.64. The number of benzene rings is 1. The molecule has 1 aromatic carbocycles. The predicted octanol–water partition coefficient (Wildman–Crippen LogP) is -0.194. The lowest BCUT2D eigenvalue weighted by Crippen LogP contribution is -2.30. The molecule has 0 radical (unpaired) electrons. The lowest BCUT2D eigenvalue weighted by molar-refractivity contribution is -0.114. The number of hydrogen-bond acceptors (Lipinski definition) is 5. The minimum Gasteiger partial charge on any atom is -0.495 e. The summed E-state index contributed by atoms with van der Waals surface area (Å²) in [5.74, 6) is 4.93. The Kier molecular flexibility index (Phi) is 4.05. The maximum Gasteiger partial charge on any atom is 0.253 e. The van der Waals surface area contributed by atoms with Crippen molar-refractivity contribution >= 4 is 21.6 Å². The minimum absolute atomic E-state index is 0.0652. The van der Waals surface area contributed by atoms with E-state index in [4.69, 9.17) is 10.6 Å². The second-order valence-electron chi connectivity index (χ2n) is 3.16. The van der Waals surface area contributed by atoms with Crippen LogP contribution in [0.4, 0.5) is 5.69 Å². The Morgan fingerprint density at radius 1 is 1.41 bits per heavy atom. The molecular weight excluding hydrogens is 246 g/mol. The summed E-state index contributed by atoms with van der Waals surface area (Å²) in [5, 5.41) is 2.46. The number of anilines is 1. The summed E-state index contributed by atoms with van der Waals surface area (Å²) in [6.07, 6.45) is 0. The molecular formula is C9H13N3O4S. The molecule has 7 nitrogen and oxygen atoms in total. The first kappa shape index (κ1) is 13.4. The second kappa shape index (κ2) is 5.13. The first-order chi connectivity index (χ1) is 7.90. The highest BCUT2D eigenvalue weighted by atomic mass is 32.2. The van der Waals surface area contributed by atoms with Crippen molar-refractivity contribution in [3.05, 3.63) is 18.2 Å². The fraction of sp³-hybridized carbons (Fsp3) is 0.222. The number of hydrazine groups is 1. The SMILES string of the molecule is COc1ccc(S(=O)(=O)NN)cc1NC(C)=O. The van der Waals surface area contributed by atoms with Crippen LogP contribution in [0.25, 0.3) is 0 Å². The van der Waals surface area contributed by atoms with E-state index in [1.54, 1.807) is 4.83 Å². The standard InChI is InChI=1S/C9H13N3O4S/c1-6(13)11-8-5-7(17(14,15)12-10)3-4-9(8)16-2/h3-5,12H,10H2,1-2H3,(H,11,13). The Bertz CT molecular complexity index is 527. The van der Waals surface area contributed by atoms with Crippen LogP contribution in [0.1, 0.15) is 6.92 Å². The van der Waals surface area contributed by atoms with E-state index in [0.29, 0.717) is 5.75 Å². The molecule has 0 atom stereocenters. The summed E-state index contributed by atoms with van der Waals surface area (Å²) < 4.78 is 27.9. The third-order valence-corrected chi connectivity index (χ3v) is 3.13. The molecule has 94 valence electrons. The van der Waals surface area contributed by atoms with E-state index in [1.807, 2.05) is 0 Å². The molecule has 0 bridgehead atoms. The van der Waals surface area contributed by atoms with E-state index in [1.165, 1.54) is 32.2 Å². The molecule has 17 heavy (non-hydrogen) atoms. The molecule has 0 unspecified atom stereocenters. The third kappa shape index (κ3) is 3.16. The van der Waals surface area contributed by atoms with E-state index in [9.17, 15) is 13.2 Å². The van der Waals surface area contributed by atoms with Gasteiger partial charge < -0.3 is 10.1 Å². The Morgan fingerprint density at radius 2 is 2.06 bits per heavy atom. The Morgan fingerprint density at radius 3 is 2.53 bits per heavy atom. The van der Waals surface area contributed by atoms with Gasteiger partial charge in [-0.05, 0) is 18.2 Å². The zero-order valence-corrected chi connectivity index (χ0v) is 10.2. The van der Waals surface area contributed by atoms with Gasteiger partial charge in [-0.3, -0.25) is 10.6 Å². The van der Waals surface area contributed by atoms with Crippen molar-refractivity contribution in [3.63, 3.8) is 0 Å². The molecule has 0 fully saturated rings. The molecule has 0 aliphatic heterocycles. The zero-order valence-electron chi connectivity index (χ0n) is 9.35. The fourth-order valence-electron chi connectivity index (χ4n) is 1.21. The lowest BCUT2D eigenvalue weighted by atomic mass is 10.3. The van der Waals surface area contributed by atoms with Crippen molar-refractivity contribution in [2.75, 3.05) is 12.4 Å². The van der Waals surface area contributed by atoms with Crippen LogP contribution < -0.4 is 20.7 Å². The predicted molar refractivity (Wildman–Crippen MR) is 61.8 cm³/mol. The molecule has 8 heteroatoms. The van der Waals surface area contributed by atoms with Gasteiger partial charge in [0.25, 0.3) is 10.0 Å². The molecule has 0 saturated heterocycles. The summed E-state index contributed by atoms with van der Waals surface area (Å²) in [4.78, 5) is 12.6. The number of nitrogens with two attached hydrogens (primary N) is 1. The molecule has 0 spiro atoms. The molecule has 1 rings (SSSR count). The van der Waals surface area contributed by atoms with Crippen molar-refractivity contribution in [1.82, 2.24) is 4.83 Å². The highest BCUT2D eigenvalue weighted by Crippen LogP contribution is 2.27. The lowest BCUT2D eigenvalue weighted by Gasteiger charge is -2.10. The summed E-state index contributed by atoms with van der Waals surface area (Å²) >= 11 is 0. The number of nitrogens with one attached hydrogen (secondary N) is 2. The average molecular weight is 259 g/mol. The zero-order chi connectivity index (χ0) is 13.1. The average Bonchev–Trinajstić information content (AvgIpc) is 2.28. The normalized spacial score (nSPS) is 11.0. The van der Waals surface area contributed by atoms with Crippen LogP contribution in [0.5, 0.6) is 5.75 Å². The molecule has 1 aromatic rings.